The summed E-state index contributed by atoms with van der Waals surface area (Å²) in [6.07, 6.45) is 5.48. The van der Waals surface area contributed by atoms with Crippen LogP contribution in [0.2, 0.25) is 0 Å². The zero-order chi connectivity index (χ0) is 22.9. The summed E-state index contributed by atoms with van der Waals surface area (Å²) in [6, 6.07) is 7.50. The fourth-order valence-electron chi connectivity index (χ4n) is 4.62. The zero-order valence-corrected chi connectivity index (χ0v) is 20.0. The van der Waals surface area contributed by atoms with E-state index < -0.39 is 12.1 Å². The second-order valence-corrected chi connectivity index (χ2v) is 9.86. The van der Waals surface area contributed by atoms with E-state index in [4.69, 9.17) is 4.74 Å². The summed E-state index contributed by atoms with van der Waals surface area (Å²) >= 11 is 1.98. The molecule has 3 atom stereocenters. The minimum absolute atomic E-state index is 0.0931. The van der Waals surface area contributed by atoms with Crippen molar-refractivity contribution < 1.29 is 19.7 Å². The van der Waals surface area contributed by atoms with Gasteiger partial charge in [-0.15, -0.1) is 0 Å². The molecule has 0 amide bonds. The molecule has 176 valence electrons. The number of aromatic nitrogens is 1. The highest BCUT2D eigenvalue weighted by Crippen LogP contribution is 2.33. The number of hydrogen-bond donors (Lipinski definition) is 2. The van der Waals surface area contributed by atoms with Gasteiger partial charge in [-0.25, -0.2) is 0 Å². The molecule has 1 saturated heterocycles. The molecule has 1 aliphatic rings. The Balaban J connectivity index is 1.58. The van der Waals surface area contributed by atoms with Crippen LogP contribution < -0.4 is 4.74 Å². The third kappa shape index (κ3) is 6.59. The highest BCUT2D eigenvalue weighted by atomic mass is 32.2. The number of aliphatic hydroxyl groups is 1. The van der Waals surface area contributed by atoms with Crippen molar-refractivity contribution >= 4 is 28.6 Å². The number of hydrogen-bond acceptors (Lipinski definition) is 6. The molecule has 2 N–H and O–H groups in total. The molecule has 1 aromatic carbocycles. The first-order valence-electron chi connectivity index (χ1n) is 11.7. The van der Waals surface area contributed by atoms with Gasteiger partial charge < -0.3 is 19.8 Å². The van der Waals surface area contributed by atoms with Crippen molar-refractivity contribution in [1.82, 2.24) is 9.88 Å². The predicted molar refractivity (Wildman–Crippen MR) is 130 cm³/mol. The first-order valence-corrected chi connectivity index (χ1v) is 12.8. The number of carbonyl (C=O) groups is 1. The average Bonchev–Trinajstić information content (AvgIpc) is 2.81. The molecule has 2 heterocycles. The number of rotatable bonds is 12. The van der Waals surface area contributed by atoms with Crippen molar-refractivity contribution in [3.63, 3.8) is 0 Å². The molecule has 32 heavy (non-hydrogen) atoms. The summed E-state index contributed by atoms with van der Waals surface area (Å²) in [5.41, 5.74) is 1.64. The van der Waals surface area contributed by atoms with Crippen LogP contribution in [0.4, 0.5) is 0 Å². The fourth-order valence-corrected chi connectivity index (χ4v) is 5.45. The highest BCUT2D eigenvalue weighted by Gasteiger charge is 2.34. The minimum atomic E-state index is -0.714. The van der Waals surface area contributed by atoms with Crippen LogP contribution in [0.1, 0.15) is 50.7 Å². The number of methoxy groups -OCH3 is 1. The van der Waals surface area contributed by atoms with Crippen LogP contribution in [0.3, 0.4) is 0 Å². The molecule has 1 fully saturated rings. The number of benzene rings is 1. The van der Waals surface area contributed by atoms with Crippen molar-refractivity contribution in [2.24, 2.45) is 11.8 Å². The van der Waals surface area contributed by atoms with Gasteiger partial charge in [0.2, 0.25) is 0 Å². The van der Waals surface area contributed by atoms with Crippen LogP contribution in [-0.2, 0) is 4.79 Å². The first-order chi connectivity index (χ1) is 15.5. The van der Waals surface area contributed by atoms with Gasteiger partial charge in [-0.3, -0.25) is 9.78 Å². The summed E-state index contributed by atoms with van der Waals surface area (Å²) in [4.78, 5) is 18.7. The minimum Gasteiger partial charge on any atom is -0.497 e. The number of fused-ring (bicyclic) bond motifs is 1. The molecule has 0 radical (unpaired) electrons. The van der Waals surface area contributed by atoms with Crippen molar-refractivity contribution in [3.8, 4) is 5.75 Å². The van der Waals surface area contributed by atoms with Gasteiger partial charge in [0.05, 0.1) is 24.6 Å². The number of thioether (sulfide) groups is 1. The Labute approximate surface area is 195 Å². The van der Waals surface area contributed by atoms with Gasteiger partial charge >= 0.3 is 5.97 Å². The molecule has 1 aromatic heterocycles. The van der Waals surface area contributed by atoms with Crippen molar-refractivity contribution in [2.75, 3.05) is 38.2 Å². The lowest BCUT2D eigenvalue weighted by atomic mass is 9.81. The number of ether oxygens (including phenoxy) is 1. The van der Waals surface area contributed by atoms with Crippen molar-refractivity contribution in [3.05, 3.63) is 36.0 Å². The summed E-state index contributed by atoms with van der Waals surface area (Å²) in [7, 11) is 1.62. The molecule has 7 heteroatoms. The Morgan fingerprint density at radius 3 is 2.94 bits per heavy atom. The number of likely N-dealkylation sites (tertiary alicyclic amines) is 1. The molecule has 1 aliphatic heterocycles. The quantitative estimate of drug-likeness (QED) is 0.448. The van der Waals surface area contributed by atoms with Gasteiger partial charge in [-0.2, -0.15) is 11.8 Å². The number of nitrogens with zero attached hydrogens (tertiary/aromatic N) is 2. The van der Waals surface area contributed by atoms with E-state index in [0.717, 1.165) is 53.9 Å². The average molecular weight is 461 g/mol. The lowest BCUT2D eigenvalue weighted by molar-refractivity contribution is -0.146. The SMILES string of the molecule is CCCSCCCN1CC[C@@H](CC[C@H](O)c2ccnc3ccc(OC)cc23)[C@@H](C(=O)O)C1. The Kier molecular flexibility index (Phi) is 9.63. The highest BCUT2D eigenvalue weighted by molar-refractivity contribution is 7.99. The molecule has 0 aliphatic carbocycles. The third-order valence-electron chi connectivity index (χ3n) is 6.42. The second kappa shape index (κ2) is 12.4. The van der Waals surface area contributed by atoms with E-state index in [1.54, 1.807) is 13.3 Å². The molecular formula is C25H36N2O4S. The standard InChI is InChI=1S/C25H36N2O4S/c1-3-14-32-15-4-12-27-13-10-18(22(17-27)25(29)30)5-8-24(28)20-9-11-26-23-7-6-19(31-2)16-21(20)23/h6-7,9,11,16,18,22,24,28H,3-5,8,10,12-15,17H2,1-2H3,(H,29,30)/t18-,22+,24+/m1/s1. The number of piperidine rings is 1. The van der Waals surface area contributed by atoms with E-state index in [1.807, 2.05) is 36.0 Å². The zero-order valence-electron chi connectivity index (χ0n) is 19.2. The number of aliphatic hydroxyl groups excluding tert-OH is 1. The lowest BCUT2D eigenvalue weighted by Crippen LogP contribution is -2.44. The number of carboxylic acid groups (broad SMARTS) is 1. The second-order valence-electron chi connectivity index (χ2n) is 8.64. The number of carboxylic acids is 1. The van der Waals surface area contributed by atoms with Crippen LogP contribution in [0, 0.1) is 11.8 Å². The molecule has 0 bridgehead atoms. The predicted octanol–water partition coefficient (Wildman–Crippen LogP) is 4.61. The first kappa shape index (κ1) is 24.8. The van der Waals surface area contributed by atoms with Crippen LogP contribution in [0.15, 0.2) is 30.5 Å². The maximum Gasteiger partial charge on any atom is 0.308 e. The van der Waals surface area contributed by atoms with Gasteiger partial charge in [0, 0.05) is 18.1 Å². The Morgan fingerprint density at radius 2 is 2.19 bits per heavy atom. The van der Waals surface area contributed by atoms with Gasteiger partial charge in [0.1, 0.15) is 5.75 Å². The van der Waals surface area contributed by atoms with Gasteiger partial charge in [-0.05, 0) is 92.4 Å². The topological polar surface area (TPSA) is 82.9 Å². The summed E-state index contributed by atoms with van der Waals surface area (Å²) in [6.45, 7) is 4.73. The summed E-state index contributed by atoms with van der Waals surface area (Å²) in [5, 5.41) is 21.7. The lowest BCUT2D eigenvalue weighted by Gasteiger charge is -2.37. The fraction of sp³-hybridized carbons (Fsp3) is 0.600. The molecular weight excluding hydrogens is 424 g/mol. The Bertz CT molecular complexity index is 878. The molecule has 6 nitrogen and oxygen atoms in total. The van der Waals surface area contributed by atoms with Crippen molar-refractivity contribution in [1.29, 1.82) is 0 Å². The number of aliphatic carboxylic acids is 1. The molecule has 0 spiro atoms. The normalized spacial score (nSPS) is 20.3. The molecule has 3 rings (SSSR count). The van der Waals surface area contributed by atoms with Gasteiger partial charge in [0.15, 0.2) is 0 Å². The third-order valence-corrected chi connectivity index (χ3v) is 7.70. The van der Waals surface area contributed by atoms with E-state index in [2.05, 4.69) is 16.8 Å². The van der Waals surface area contributed by atoms with E-state index >= 15 is 0 Å². The van der Waals surface area contributed by atoms with E-state index in [-0.39, 0.29) is 11.8 Å². The van der Waals surface area contributed by atoms with E-state index in [1.165, 1.54) is 12.2 Å². The Hall–Kier alpha value is -1.83. The molecule has 2 aromatic rings. The van der Waals surface area contributed by atoms with Crippen LogP contribution in [-0.4, -0.2) is 64.3 Å². The number of pyridine rings is 1. The maximum atomic E-state index is 12.0. The Morgan fingerprint density at radius 1 is 1.34 bits per heavy atom. The van der Waals surface area contributed by atoms with Crippen LogP contribution in [0.5, 0.6) is 5.75 Å². The smallest absolute Gasteiger partial charge is 0.308 e. The van der Waals surface area contributed by atoms with E-state index in [0.29, 0.717) is 19.4 Å². The van der Waals surface area contributed by atoms with E-state index in [9.17, 15) is 15.0 Å². The van der Waals surface area contributed by atoms with Crippen LogP contribution in [0.25, 0.3) is 10.9 Å². The molecule has 0 saturated carbocycles. The summed E-state index contributed by atoms with van der Waals surface area (Å²) in [5.74, 6) is 2.08. The largest absolute Gasteiger partial charge is 0.497 e. The monoisotopic (exact) mass is 460 g/mol. The van der Waals surface area contributed by atoms with Gasteiger partial charge in [0.25, 0.3) is 0 Å². The molecule has 0 unspecified atom stereocenters. The summed E-state index contributed by atoms with van der Waals surface area (Å²) < 4.78 is 5.33. The van der Waals surface area contributed by atoms with Crippen LogP contribution >= 0.6 is 11.8 Å². The maximum absolute atomic E-state index is 12.0. The van der Waals surface area contributed by atoms with Crippen molar-refractivity contribution in [2.45, 2.75) is 45.1 Å². The van der Waals surface area contributed by atoms with Gasteiger partial charge in [-0.1, -0.05) is 6.92 Å².